The number of hydrogen-bond donors (Lipinski definition) is 2. The fourth-order valence-electron chi connectivity index (χ4n) is 2.87. The van der Waals surface area contributed by atoms with Gasteiger partial charge in [-0.2, -0.15) is 4.31 Å². The van der Waals surface area contributed by atoms with Crippen molar-refractivity contribution in [3.8, 4) is 0 Å². The number of amides is 3. The minimum atomic E-state index is -3.68. The zero-order valence-electron chi connectivity index (χ0n) is 16.3. The normalized spacial score (nSPS) is 18.1. The number of fused-ring (bicyclic) bond motifs is 1. The molecule has 3 amide bonds. The topological polar surface area (TPSA) is 122 Å². The quantitative estimate of drug-likeness (QED) is 0.682. The van der Waals surface area contributed by atoms with Gasteiger partial charge in [0, 0.05) is 19.0 Å². The second-order valence-corrected chi connectivity index (χ2v) is 8.93. The van der Waals surface area contributed by atoms with E-state index in [2.05, 4.69) is 10.6 Å². The molecule has 1 aromatic carbocycles. The fourth-order valence-corrected chi connectivity index (χ4v) is 3.86. The molecule has 1 aliphatic heterocycles. The number of benzene rings is 1. The van der Waals surface area contributed by atoms with Gasteiger partial charge >= 0.3 is 12.0 Å². The van der Waals surface area contributed by atoms with E-state index < -0.39 is 40.1 Å². The Labute approximate surface area is 164 Å². The molecule has 2 atom stereocenters. The highest BCUT2D eigenvalue weighted by atomic mass is 32.2. The zero-order valence-corrected chi connectivity index (χ0v) is 17.1. The molecule has 0 saturated carbocycles. The summed E-state index contributed by atoms with van der Waals surface area (Å²) in [6.07, 6.45) is -0.0957. The van der Waals surface area contributed by atoms with E-state index in [-0.39, 0.29) is 19.0 Å². The Kier molecular flexibility index (Phi) is 6.78. The molecule has 154 valence electrons. The van der Waals surface area contributed by atoms with Gasteiger partial charge < -0.3 is 10.1 Å². The lowest BCUT2D eigenvalue weighted by Gasteiger charge is -2.33. The van der Waals surface area contributed by atoms with Gasteiger partial charge in [-0.25, -0.2) is 13.2 Å². The van der Waals surface area contributed by atoms with Crippen LogP contribution in [0.5, 0.6) is 0 Å². The van der Waals surface area contributed by atoms with E-state index in [1.807, 2.05) is 6.07 Å². The van der Waals surface area contributed by atoms with Crippen molar-refractivity contribution in [1.29, 1.82) is 0 Å². The number of esters is 1. The number of ether oxygens (including phenoxy) is 1. The first-order valence-corrected chi connectivity index (χ1v) is 10.7. The smallest absolute Gasteiger partial charge is 0.325 e. The summed E-state index contributed by atoms with van der Waals surface area (Å²) in [6, 6.07) is 5.28. The molecule has 28 heavy (non-hydrogen) atoms. The molecule has 0 bridgehead atoms. The van der Waals surface area contributed by atoms with Crippen LogP contribution in [0.1, 0.15) is 31.9 Å². The number of sulfonamides is 1. The molecule has 10 heteroatoms. The van der Waals surface area contributed by atoms with E-state index in [0.29, 0.717) is 0 Å². The average Bonchev–Trinajstić information content (AvgIpc) is 2.58. The van der Waals surface area contributed by atoms with Crippen LogP contribution in [0, 0.1) is 0 Å². The second-order valence-electron chi connectivity index (χ2n) is 6.99. The van der Waals surface area contributed by atoms with Crippen molar-refractivity contribution < 1.29 is 27.5 Å². The highest BCUT2D eigenvalue weighted by molar-refractivity contribution is 7.88. The third-order valence-corrected chi connectivity index (χ3v) is 5.46. The van der Waals surface area contributed by atoms with Crippen LogP contribution >= 0.6 is 0 Å². The van der Waals surface area contributed by atoms with Crippen LogP contribution in [0.4, 0.5) is 4.79 Å². The lowest BCUT2D eigenvalue weighted by Crippen LogP contribution is -2.51. The first-order chi connectivity index (χ1) is 13.0. The van der Waals surface area contributed by atoms with Gasteiger partial charge in [-0.05, 0) is 31.9 Å². The average molecular weight is 411 g/mol. The Morgan fingerprint density at radius 1 is 1.14 bits per heavy atom. The van der Waals surface area contributed by atoms with Crippen LogP contribution in [0.3, 0.4) is 0 Å². The molecular formula is C18H25N3O6S. The molecular weight excluding hydrogens is 386 g/mol. The number of hydrogen-bond acceptors (Lipinski definition) is 6. The van der Waals surface area contributed by atoms with E-state index in [4.69, 9.17) is 4.74 Å². The third kappa shape index (κ3) is 5.52. The van der Waals surface area contributed by atoms with E-state index in [9.17, 15) is 22.8 Å². The molecule has 9 nitrogen and oxygen atoms in total. The minimum absolute atomic E-state index is 0.0478. The summed E-state index contributed by atoms with van der Waals surface area (Å²) < 4.78 is 30.6. The summed E-state index contributed by atoms with van der Waals surface area (Å²) in [5, 5.41) is 4.56. The number of imide groups is 1. The Hall–Kier alpha value is -2.46. The van der Waals surface area contributed by atoms with Gasteiger partial charge in [0.1, 0.15) is 6.04 Å². The molecule has 2 rings (SSSR count). The monoisotopic (exact) mass is 411 g/mol. The van der Waals surface area contributed by atoms with Crippen LogP contribution in [-0.4, -0.2) is 55.1 Å². The van der Waals surface area contributed by atoms with Gasteiger partial charge in [-0.15, -0.1) is 0 Å². The summed E-state index contributed by atoms with van der Waals surface area (Å²) in [5.74, 6) is -1.64. The number of carbonyl (C=O) groups is 3. The highest BCUT2D eigenvalue weighted by Gasteiger charge is 2.39. The zero-order chi connectivity index (χ0) is 21.1. The first-order valence-electron chi connectivity index (χ1n) is 8.84. The molecule has 0 fully saturated rings. The molecule has 0 aromatic heterocycles. The van der Waals surface area contributed by atoms with Gasteiger partial charge in [0.15, 0.2) is 6.10 Å². The van der Waals surface area contributed by atoms with Crippen molar-refractivity contribution in [2.75, 3.05) is 6.26 Å². The lowest BCUT2D eigenvalue weighted by molar-refractivity contribution is -0.158. The maximum absolute atomic E-state index is 12.6. The SMILES string of the molecule is CC(C)NC(=O)NC(=O)[C@@H](C)OC(=O)[C@@H]1Cc2ccccc2CN1S(C)(=O)=O. The van der Waals surface area contributed by atoms with Crippen LogP contribution in [-0.2, 0) is 37.3 Å². The van der Waals surface area contributed by atoms with Gasteiger partial charge in [-0.1, -0.05) is 24.3 Å². The summed E-state index contributed by atoms with van der Waals surface area (Å²) in [5.41, 5.74) is 1.66. The molecule has 1 heterocycles. The molecule has 0 radical (unpaired) electrons. The van der Waals surface area contributed by atoms with Crippen molar-refractivity contribution in [3.63, 3.8) is 0 Å². The predicted octanol–water partition coefficient (Wildman–Crippen LogP) is 0.539. The van der Waals surface area contributed by atoms with Gasteiger partial charge in [0.2, 0.25) is 10.0 Å². The van der Waals surface area contributed by atoms with Crippen LogP contribution in [0.25, 0.3) is 0 Å². The Morgan fingerprint density at radius 2 is 1.75 bits per heavy atom. The largest absolute Gasteiger partial charge is 0.451 e. The third-order valence-electron chi connectivity index (χ3n) is 4.22. The van der Waals surface area contributed by atoms with Crippen molar-refractivity contribution in [2.45, 2.75) is 51.9 Å². The molecule has 0 saturated heterocycles. The molecule has 1 aliphatic rings. The van der Waals surface area contributed by atoms with E-state index in [1.165, 1.54) is 6.92 Å². The van der Waals surface area contributed by atoms with E-state index in [0.717, 1.165) is 21.7 Å². The standard InChI is InChI=1S/C18H25N3O6S/c1-11(2)19-18(24)20-16(22)12(3)27-17(23)15-9-13-7-5-6-8-14(13)10-21(15)28(4,25)26/h5-8,11-12,15H,9-10H2,1-4H3,(H2,19,20,22,24)/t12-,15+/m1/s1. The van der Waals surface area contributed by atoms with Crippen molar-refractivity contribution >= 4 is 27.9 Å². The van der Waals surface area contributed by atoms with Gasteiger partial charge in [-0.3, -0.25) is 14.9 Å². The molecule has 0 unspecified atom stereocenters. The van der Waals surface area contributed by atoms with Crippen molar-refractivity contribution in [2.24, 2.45) is 0 Å². The summed E-state index contributed by atoms with van der Waals surface area (Å²) in [7, 11) is -3.68. The molecule has 1 aromatic rings. The number of nitrogens with zero attached hydrogens (tertiary/aromatic N) is 1. The maximum atomic E-state index is 12.6. The van der Waals surface area contributed by atoms with Crippen LogP contribution in [0.15, 0.2) is 24.3 Å². The first kappa shape index (κ1) is 21.8. The number of nitrogens with one attached hydrogen (secondary N) is 2. The summed E-state index contributed by atoms with van der Waals surface area (Å²) >= 11 is 0. The number of carbonyl (C=O) groups excluding carboxylic acids is 3. The van der Waals surface area contributed by atoms with E-state index in [1.54, 1.807) is 32.0 Å². The Balaban J connectivity index is 2.10. The van der Waals surface area contributed by atoms with E-state index >= 15 is 0 Å². The maximum Gasteiger partial charge on any atom is 0.325 e. The van der Waals surface area contributed by atoms with Crippen LogP contribution in [0.2, 0.25) is 0 Å². The van der Waals surface area contributed by atoms with Crippen molar-refractivity contribution in [1.82, 2.24) is 14.9 Å². The molecule has 0 spiro atoms. The molecule has 2 N–H and O–H groups in total. The molecule has 0 aliphatic carbocycles. The minimum Gasteiger partial charge on any atom is -0.451 e. The summed E-state index contributed by atoms with van der Waals surface area (Å²) in [4.78, 5) is 36.3. The number of rotatable bonds is 5. The summed E-state index contributed by atoms with van der Waals surface area (Å²) in [6.45, 7) is 4.83. The Bertz CT molecular complexity index is 868. The highest BCUT2D eigenvalue weighted by Crippen LogP contribution is 2.26. The fraction of sp³-hybridized carbons (Fsp3) is 0.500. The number of urea groups is 1. The lowest BCUT2D eigenvalue weighted by atomic mass is 9.96. The predicted molar refractivity (Wildman–Crippen MR) is 102 cm³/mol. The van der Waals surface area contributed by atoms with Crippen LogP contribution < -0.4 is 10.6 Å². The Morgan fingerprint density at radius 3 is 2.32 bits per heavy atom. The van der Waals surface area contributed by atoms with Gasteiger partial charge in [0.25, 0.3) is 5.91 Å². The second kappa shape index (κ2) is 8.70. The van der Waals surface area contributed by atoms with Gasteiger partial charge in [0.05, 0.1) is 6.26 Å². The van der Waals surface area contributed by atoms with Crippen molar-refractivity contribution in [3.05, 3.63) is 35.4 Å².